The Balaban J connectivity index is 2.18. The Morgan fingerprint density at radius 1 is 1.47 bits per heavy atom. The average molecular weight is 209 g/mol. The molecule has 0 saturated heterocycles. The zero-order valence-electron chi connectivity index (χ0n) is 9.67. The molecule has 0 aromatic carbocycles. The molecule has 15 heavy (non-hydrogen) atoms. The van der Waals surface area contributed by atoms with Crippen molar-refractivity contribution in [3.63, 3.8) is 0 Å². The first-order valence-electron chi connectivity index (χ1n) is 5.26. The Bertz CT molecular complexity index is 296. The van der Waals surface area contributed by atoms with E-state index in [-0.39, 0.29) is 11.3 Å². The van der Waals surface area contributed by atoms with Gasteiger partial charge in [0.1, 0.15) is 5.76 Å². The van der Waals surface area contributed by atoms with Crippen LogP contribution in [0.1, 0.15) is 33.0 Å². The maximum absolute atomic E-state index is 11.4. The van der Waals surface area contributed by atoms with Crippen molar-refractivity contribution in [3.05, 3.63) is 24.2 Å². The number of furan rings is 1. The number of amides is 1. The van der Waals surface area contributed by atoms with Crippen LogP contribution in [0.15, 0.2) is 22.8 Å². The van der Waals surface area contributed by atoms with Crippen molar-refractivity contribution in [1.29, 1.82) is 0 Å². The molecular formula is C12H19NO2. The summed E-state index contributed by atoms with van der Waals surface area (Å²) in [5, 5.41) is 2.88. The van der Waals surface area contributed by atoms with Crippen molar-refractivity contribution in [2.75, 3.05) is 6.54 Å². The van der Waals surface area contributed by atoms with Gasteiger partial charge in [0, 0.05) is 19.4 Å². The normalized spacial score (nSPS) is 11.4. The number of hydrogen-bond acceptors (Lipinski definition) is 2. The van der Waals surface area contributed by atoms with Gasteiger partial charge in [0.05, 0.1) is 6.26 Å². The van der Waals surface area contributed by atoms with Gasteiger partial charge in [0.15, 0.2) is 0 Å². The summed E-state index contributed by atoms with van der Waals surface area (Å²) >= 11 is 0. The Morgan fingerprint density at radius 3 is 2.73 bits per heavy atom. The topological polar surface area (TPSA) is 42.2 Å². The molecule has 0 aliphatic carbocycles. The van der Waals surface area contributed by atoms with Gasteiger partial charge in [-0.3, -0.25) is 4.79 Å². The summed E-state index contributed by atoms with van der Waals surface area (Å²) in [5.41, 5.74) is 0.0504. The van der Waals surface area contributed by atoms with Crippen LogP contribution in [0.25, 0.3) is 0 Å². The lowest BCUT2D eigenvalue weighted by Crippen LogP contribution is -2.29. The summed E-state index contributed by atoms with van der Waals surface area (Å²) in [6.45, 7) is 6.81. The quantitative estimate of drug-likeness (QED) is 0.827. The third-order valence-corrected chi connectivity index (χ3v) is 1.96. The lowest BCUT2D eigenvalue weighted by atomic mass is 9.92. The molecule has 3 heteroatoms. The summed E-state index contributed by atoms with van der Waals surface area (Å²) in [5.74, 6) is 1.01. The molecule has 0 unspecified atom stereocenters. The Labute approximate surface area is 90.9 Å². The van der Waals surface area contributed by atoms with Gasteiger partial charge in [-0.25, -0.2) is 0 Å². The summed E-state index contributed by atoms with van der Waals surface area (Å²) in [4.78, 5) is 11.4. The molecule has 0 fully saturated rings. The highest BCUT2D eigenvalue weighted by Gasteiger charge is 2.15. The molecular weight excluding hydrogens is 190 g/mol. The molecule has 1 N–H and O–H groups in total. The van der Waals surface area contributed by atoms with Crippen molar-refractivity contribution >= 4 is 5.91 Å². The van der Waals surface area contributed by atoms with Crippen molar-refractivity contribution in [1.82, 2.24) is 5.32 Å². The van der Waals surface area contributed by atoms with Crippen LogP contribution in [-0.2, 0) is 11.2 Å². The van der Waals surface area contributed by atoms with Gasteiger partial charge in [-0.2, -0.15) is 0 Å². The second-order valence-electron chi connectivity index (χ2n) is 4.92. The molecule has 1 aromatic rings. The monoisotopic (exact) mass is 209 g/mol. The minimum absolute atomic E-state index is 0.0504. The van der Waals surface area contributed by atoms with E-state index in [1.807, 2.05) is 12.1 Å². The van der Waals surface area contributed by atoms with Crippen molar-refractivity contribution in [2.24, 2.45) is 5.41 Å². The molecule has 1 aromatic heterocycles. The van der Waals surface area contributed by atoms with E-state index in [4.69, 9.17) is 4.42 Å². The average Bonchev–Trinajstić information content (AvgIpc) is 2.53. The predicted molar refractivity (Wildman–Crippen MR) is 59.5 cm³/mol. The van der Waals surface area contributed by atoms with Crippen LogP contribution < -0.4 is 5.32 Å². The van der Waals surface area contributed by atoms with Crippen LogP contribution in [0.2, 0.25) is 0 Å². The van der Waals surface area contributed by atoms with E-state index in [0.29, 0.717) is 13.0 Å². The number of carbonyl (C=O) groups excluding carboxylic acids is 1. The second-order valence-corrected chi connectivity index (χ2v) is 4.92. The highest BCUT2D eigenvalue weighted by molar-refractivity contribution is 5.76. The van der Waals surface area contributed by atoms with Crippen LogP contribution in [0.3, 0.4) is 0 Å². The first-order valence-corrected chi connectivity index (χ1v) is 5.26. The summed E-state index contributed by atoms with van der Waals surface area (Å²) in [6.07, 6.45) is 2.96. The Kier molecular flexibility index (Phi) is 3.95. The number of nitrogens with one attached hydrogen (secondary N) is 1. The van der Waals surface area contributed by atoms with Crippen molar-refractivity contribution in [2.45, 2.75) is 33.6 Å². The fourth-order valence-electron chi connectivity index (χ4n) is 1.32. The highest BCUT2D eigenvalue weighted by atomic mass is 16.3. The van der Waals surface area contributed by atoms with Gasteiger partial charge in [-0.15, -0.1) is 0 Å². The minimum atomic E-state index is 0.0504. The van der Waals surface area contributed by atoms with E-state index < -0.39 is 0 Å². The predicted octanol–water partition coefficient (Wildman–Crippen LogP) is 2.37. The summed E-state index contributed by atoms with van der Waals surface area (Å²) < 4.78 is 5.16. The Hall–Kier alpha value is -1.25. The maximum atomic E-state index is 11.4. The molecule has 1 rings (SSSR count). The first-order chi connectivity index (χ1) is 6.97. The Morgan fingerprint density at radius 2 is 2.20 bits per heavy atom. The molecule has 0 spiro atoms. The molecule has 3 nitrogen and oxygen atoms in total. The SMILES string of the molecule is CC(C)(C)CC(=O)NCCc1ccco1. The van der Waals surface area contributed by atoms with E-state index in [1.54, 1.807) is 6.26 Å². The molecule has 0 aliphatic heterocycles. The molecule has 1 amide bonds. The van der Waals surface area contributed by atoms with E-state index in [2.05, 4.69) is 26.1 Å². The number of rotatable bonds is 4. The van der Waals surface area contributed by atoms with E-state index >= 15 is 0 Å². The van der Waals surface area contributed by atoms with Crippen LogP contribution in [-0.4, -0.2) is 12.5 Å². The second kappa shape index (κ2) is 5.01. The summed E-state index contributed by atoms with van der Waals surface area (Å²) in [7, 11) is 0. The van der Waals surface area contributed by atoms with Gasteiger partial charge in [0.2, 0.25) is 5.91 Å². The minimum Gasteiger partial charge on any atom is -0.469 e. The fourth-order valence-corrected chi connectivity index (χ4v) is 1.32. The number of carbonyl (C=O) groups is 1. The van der Waals surface area contributed by atoms with Gasteiger partial charge in [-0.05, 0) is 17.5 Å². The third-order valence-electron chi connectivity index (χ3n) is 1.96. The molecule has 0 aliphatic rings. The molecule has 0 radical (unpaired) electrons. The van der Waals surface area contributed by atoms with Gasteiger partial charge >= 0.3 is 0 Å². The number of hydrogen-bond donors (Lipinski definition) is 1. The van der Waals surface area contributed by atoms with E-state index in [0.717, 1.165) is 12.2 Å². The lowest BCUT2D eigenvalue weighted by Gasteiger charge is -2.16. The zero-order valence-corrected chi connectivity index (χ0v) is 9.67. The van der Waals surface area contributed by atoms with Crippen molar-refractivity contribution < 1.29 is 9.21 Å². The highest BCUT2D eigenvalue weighted by Crippen LogP contribution is 2.17. The molecule has 84 valence electrons. The van der Waals surface area contributed by atoms with Crippen LogP contribution in [0.4, 0.5) is 0 Å². The third kappa shape index (κ3) is 5.25. The van der Waals surface area contributed by atoms with E-state index in [9.17, 15) is 4.79 Å². The van der Waals surface area contributed by atoms with Crippen molar-refractivity contribution in [3.8, 4) is 0 Å². The molecule has 1 heterocycles. The van der Waals surface area contributed by atoms with Gasteiger partial charge in [0.25, 0.3) is 0 Å². The zero-order chi connectivity index (χ0) is 11.3. The summed E-state index contributed by atoms with van der Waals surface area (Å²) in [6, 6.07) is 3.77. The maximum Gasteiger partial charge on any atom is 0.220 e. The van der Waals surface area contributed by atoms with Crippen LogP contribution in [0, 0.1) is 5.41 Å². The smallest absolute Gasteiger partial charge is 0.220 e. The lowest BCUT2D eigenvalue weighted by molar-refractivity contribution is -0.122. The van der Waals surface area contributed by atoms with Gasteiger partial charge < -0.3 is 9.73 Å². The first kappa shape index (κ1) is 11.8. The molecule has 0 bridgehead atoms. The van der Waals surface area contributed by atoms with Crippen LogP contribution >= 0.6 is 0 Å². The largest absolute Gasteiger partial charge is 0.469 e. The van der Waals surface area contributed by atoms with E-state index in [1.165, 1.54) is 0 Å². The fraction of sp³-hybridized carbons (Fsp3) is 0.583. The van der Waals surface area contributed by atoms with Crippen LogP contribution in [0.5, 0.6) is 0 Å². The molecule has 0 saturated carbocycles. The van der Waals surface area contributed by atoms with Gasteiger partial charge in [-0.1, -0.05) is 20.8 Å². The standard InChI is InChI=1S/C12H19NO2/c1-12(2,3)9-11(14)13-7-6-10-5-4-8-15-10/h4-5,8H,6-7,9H2,1-3H3,(H,13,14). The molecule has 0 atom stereocenters.